The Morgan fingerprint density at radius 1 is 1.36 bits per heavy atom. The van der Waals surface area contributed by atoms with Crippen molar-refractivity contribution >= 4 is 11.7 Å². The molecule has 2 rings (SSSR count). The first kappa shape index (κ1) is 9.69. The minimum atomic E-state index is 0.0382. The number of fused-ring (bicyclic) bond motifs is 2. The van der Waals surface area contributed by atoms with Crippen LogP contribution in [0.25, 0.3) is 0 Å². The van der Waals surface area contributed by atoms with Crippen LogP contribution in [0.3, 0.4) is 0 Å². The smallest absolute Gasteiger partial charge is 0.223 e. The molecule has 0 aromatic heterocycles. The van der Waals surface area contributed by atoms with Gasteiger partial charge in [0.05, 0.1) is 0 Å². The fourth-order valence-corrected chi connectivity index (χ4v) is 2.77. The molecule has 0 aromatic carbocycles. The summed E-state index contributed by atoms with van der Waals surface area (Å²) >= 11 is 0. The zero-order valence-corrected chi connectivity index (χ0v) is 8.82. The van der Waals surface area contributed by atoms with E-state index in [0.717, 1.165) is 12.8 Å². The summed E-state index contributed by atoms with van der Waals surface area (Å²) in [5.41, 5.74) is 0. The summed E-state index contributed by atoms with van der Waals surface area (Å²) in [4.78, 5) is 25.2. The summed E-state index contributed by atoms with van der Waals surface area (Å²) in [7, 11) is 0. The second-order valence-electron chi connectivity index (χ2n) is 4.69. The van der Waals surface area contributed by atoms with Gasteiger partial charge in [0.1, 0.15) is 5.78 Å². The molecule has 2 bridgehead atoms. The van der Waals surface area contributed by atoms with E-state index in [9.17, 15) is 9.59 Å². The number of Topliss-reactive ketones (excluding diaryl/α,β-unsaturated/α-hetero) is 1. The number of carbonyl (C=O) groups is 2. The summed E-state index contributed by atoms with van der Waals surface area (Å²) in [5.74, 6) is 0.517. The van der Waals surface area contributed by atoms with Gasteiger partial charge in [-0.2, -0.15) is 0 Å². The number of ketones is 1. The molecule has 1 heterocycles. The van der Waals surface area contributed by atoms with Crippen LogP contribution in [-0.2, 0) is 9.59 Å². The molecule has 3 nitrogen and oxygen atoms in total. The van der Waals surface area contributed by atoms with Crippen molar-refractivity contribution in [3.8, 4) is 0 Å². The number of carbonyl (C=O) groups excluding carboxylic acids is 2. The van der Waals surface area contributed by atoms with Crippen molar-refractivity contribution in [2.45, 2.75) is 51.6 Å². The Morgan fingerprint density at radius 3 is 2.71 bits per heavy atom. The molecule has 1 aliphatic heterocycles. The number of amides is 1. The van der Waals surface area contributed by atoms with Crippen molar-refractivity contribution in [3.05, 3.63) is 0 Å². The molecular weight excluding hydrogens is 178 g/mol. The lowest BCUT2D eigenvalue weighted by molar-refractivity contribution is -0.148. The van der Waals surface area contributed by atoms with Crippen LogP contribution in [0.5, 0.6) is 0 Å². The predicted octanol–water partition coefficient (Wildman–Crippen LogP) is 1.36. The maximum Gasteiger partial charge on any atom is 0.223 e. The molecule has 1 saturated heterocycles. The maximum atomic E-state index is 11.8. The van der Waals surface area contributed by atoms with Gasteiger partial charge in [-0.3, -0.25) is 9.59 Å². The molecule has 1 amide bonds. The number of hydrogen-bond donors (Lipinski definition) is 0. The van der Waals surface area contributed by atoms with Gasteiger partial charge in [-0.15, -0.1) is 0 Å². The van der Waals surface area contributed by atoms with E-state index in [1.54, 1.807) is 0 Å². The van der Waals surface area contributed by atoms with Gasteiger partial charge in [-0.25, -0.2) is 0 Å². The molecule has 2 atom stereocenters. The molecule has 78 valence electrons. The summed E-state index contributed by atoms with van der Waals surface area (Å²) in [5, 5.41) is 0. The van der Waals surface area contributed by atoms with Gasteiger partial charge >= 0.3 is 0 Å². The second-order valence-corrected chi connectivity index (χ2v) is 4.69. The Kier molecular flexibility index (Phi) is 2.33. The SMILES string of the molecule is CC(C)N1C(=O)CC2CC1CCC2=O. The first-order chi connectivity index (χ1) is 6.59. The predicted molar refractivity (Wildman–Crippen MR) is 52.7 cm³/mol. The molecule has 0 N–H and O–H groups in total. The third-order valence-electron chi connectivity index (χ3n) is 3.39. The lowest BCUT2D eigenvalue weighted by Gasteiger charge is -2.44. The molecule has 1 saturated carbocycles. The van der Waals surface area contributed by atoms with Crippen LogP contribution in [0.4, 0.5) is 0 Å². The molecule has 2 unspecified atom stereocenters. The summed E-state index contributed by atoms with van der Waals surface area (Å²) in [6.45, 7) is 4.10. The minimum absolute atomic E-state index is 0.0382. The van der Waals surface area contributed by atoms with Crippen molar-refractivity contribution < 1.29 is 9.59 Å². The van der Waals surface area contributed by atoms with Gasteiger partial charge in [-0.05, 0) is 26.7 Å². The van der Waals surface area contributed by atoms with Gasteiger partial charge in [0, 0.05) is 30.8 Å². The van der Waals surface area contributed by atoms with Crippen LogP contribution >= 0.6 is 0 Å². The highest BCUT2D eigenvalue weighted by Gasteiger charge is 2.41. The first-order valence-electron chi connectivity index (χ1n) is 5.43. The Labute approximate surface area is 84.5 Å². The van der Waals surface area contributed by atoms with Crippen molar-refractivity contribution in [1.29, 1.82) is 0 Å². The van der Waals surface area contributed by atoms with Crippen LogP contribution in [0.1, 0.15) is 39.5 Å². The van der Waals surface area contributed by atoms with E-state index in [-0.39, 0.29) is 17.9 Å². The number of nitrogens with zero attached hydrogens (tertiary/aromatic N) is 1. The molecule has 0 aromatic rings. The van der Waals surface area contributed by atoms with E-state index in [4.69, 9.17) is 0 Å². The molecule has 14 heavy (non-hydrogen) atoms. The van der Waals surface area contributed by atoms with Crippen LogP contribution < -0.4 is 0 Å². The monoisotopic (exact) mass is 195 g/mol. The fraction of sp³-hybridized carbons (Fsp3) is 0.818. The average molecular weight is 195 g/mol. The molecule has 2 aliphatic rings. The Bertz CT molecular complexity index is 272. The van der Waals surface area contributed by atoms with E-state index in [1.807, 2.05) is 4.90 Å². The van der Waals surface area contributed by atoms with E-state index in [0.29, 0.717) is 24.7 Å². The lowest BCUT2D eigenvalue weighted by atomic mass is 9.78. The zero-order chi connectivity index (χ0) is 10.3. The normalized spacial score (nSPS) is 32.6. The summed E-state index contributed by atoms with van der Waals surface area (Å²) < 4.78 is 0. The topological polar surface area (TPSA) is 37.4 Å². The summed E-state index contributed by atoms with van der Waals surface area (Å²) in [6.07, 6.45) is 2.90. The van der Waals surface area contributed by atoms with Crippen LogP contribution in [0, 0.1) is 5.92 Å². The van der Waals surface area contributed by atoms with Gasteiger partial charge in [0.15, 0.2) is 0 Å². The van der Waals surface area contributed by atoms with Gasteiger partial charge < -0.3 is 4.90 Å². The fourth-order valence-electron chi connectivity index (χ4n) is 2.77. The molecule has 0 spiro atoms. The minimum Gasteiger partial charge on any atom is -0.337 e. The van der Waals surface area contributed by atoms with Crippen LogP contribution in [0.15, 0.2) is 0 Å². The number of rotatable bonds is 1. The number of likely N-dealkylation sites (tertiary alicyclic amines) is 1. The average Bonchev–Trinajstić information content (AvgIpc) is 2.10. The van der Waals surface area contributed by atoms with Gasteiger partial charge in [0.25, 0.3) is 0 Å². The number of hydrogen-bond acceptors (Lipinski definition) is 2. The van der Waals surface area contributed by atoms with Crippen LogP contribution in [0.2, 0.25) is 0 Å². The Morgan fingerprint density at radius 2 is 2.07 bits per heavy atom. The molecule has 2 fully saturated rings. The lowest BCUT2D eigenvalue weighted by Crippen LogP contribution is -2.53. The standard InChI is InChI=1S/C11H17NO2/c1-7(2)12-9-3-4-10(13)8(5-9)6-11(12)14/h7-9H,3-6H2,1-2H3. The van der Waals surface area contributed by atoms with E-state index >= 15 is 0 Å². The highest BCUT2D eigenvalue weighted by atomic mass is 16.2. The zero-order valence-electron chi connectivity index (χ0n) is 8.82. The second kappa shape index (κ2) is 3.37. The molecular formula is C11H17NO2. The Balaban J connectivity index is 2.17. The molecule has 1 aliphatic carbocycles. The van der Waals surface area contributed by atoms with E-state index < -0.39 is 0 Å². The first-order valence-corrected chi connectivity index (χ1v) is 5.43. The van der Waals surface area contributed by atoms with Crippen LogP contribution in [-0.4, -0.2) is 28.7 Å². The third-order valence-corrected chi connectivity index (χ3v) is 3.39. The quantitative estimate of drug-likeness (QED) is 0.633. The van der Waals surface area contributed by atoms with E-state index in [2.05, 4.69) is 13.8 Å². The van der Waals surface area contributed by atoms with Crippen molar-refractivity contribution in [2.75, 3.05) is 0 Å². The van der Waals surface area contributed by atoms with Crippen molar-refractivity contribution in [3.63, 3.8) is 0 Å². The van der Waals surface area contributed by atoms with Gasteiger partial charge in [-0.1, -0.05) is 0 Å². The largest absolute Gasteiger partial charge is 0.337 e. The highest BCUT2D eigenvalue weighted by molar-refractivity contribution is 5.89. The van der Waals surface area contributed by atoms with E-state index in [1.165, 1.54) is 0 Å². The highest BCUT2D eigenvalue weighted by Crippen LogP contribution is 2.34. The molecule has 3 heteroatoms. The van der Waals surface area contributed by atoms with Gasteiger partial charge in [0.2, 0.25) is 5.91 Å². The summed E-state index contributed by atoms with van der Waals surface area (Å²) in [6, 6.07) is 0.612. The van der Waals surface area contributed by atoms with Crippen molar-refractivity contribution in [2.24, 2.45) is 5.92 Å². The third kappa shape index (κ3) is 1.45. The maximum absolute atomic E-state index is 11.8. The number of piperidine rings is 1. The Hall–Kier alpha value is -0.860. The molecule has 0 radical (unpaired) electrons. The van der Waals surface area contributed by atoms with Crippen molar-refractivity contribution in [1.82, 2.24) is 4.90 Å².